The number of sulfonamides is 1. The zero-order valence-corrected chi connectivity index (χ0v) is 14.7. The van der Waals surface area contributed by atoms with Crippen molar-refractivity contribution in [2.24, 2.45) is 0 Å². The molecular weight excluding hydrogens is 322 g/mol. The Morgan fingerprint density at radius 2 is 1.79 bits per heavy atom. The number of nitrogens with zero attached hydrogens (tertiary/aromatic N) is 3. The molecule has 0 amide bonds. The Labute approximate surface area is 144 Å². The summed E-state index contributed by atoms with van der Waals surface area (Å²) in [5.74, 6) is 0. The zero-order valence-electron chi connectivity index (χ0n) is 13.9. The van der Waals surface area contributed by atoms with Crippen molar-refractivity contribution in [1.29, 1.82) is 0 Å². The molecule has 1 aromatic carbocycles. The predicted octanol–water partition coefficient (Wildman–Crippen LogP) is 2.29. The van der Waals surface area contributed by atoms with Gasteiger partial charge in [-0.1, -0.05) is 23.8 Å². The van der Waals surface area contributed by atoms with E-state index in [1.54, 1.807) is 22.6 Å². The number of hydrogen-bond donors (Lipinski definition) is 0. The van der Waals surface area contributed by atoms with E-state index in [2.05, 4.69) is 9.88 Å². The summed E-state index contributed by atoms with van der Waals surface area (Å²) in [5.41, 5.74) is 2.08. The first-order valence-corrected chi connectivity index (χ1v) is 9.69. The molecule has 128 valence electrons. The van der Waals surface area contributed by atoms with Crippen molar-refractivity contribution in [2.45, 2.75) is 24.8 Å². The van der Waals surface area contributed by atoms with E-state index < -0.39 is 10.0 Å². The van der Waals surface area contributed by atoms with Gasteiger partial charge in [-0.2, -0.15) is 4.31 Å². The molecule has 1 saturated heterocycles. The van der Waals surface area contributed by atoms with Crippen LogP contribution >= 0.6 is 0 Å². The Hall–Kier alpha value is -1.76. The fraction of sp³-hybridized carbons (Fsp3) is 0.389. The molecule has 0 spiro atoms. The second-order valence-electron chi connectivity index (χ2n) is 6.17. The fourth-order valence-corrected chi connectivity index (χ4v) is 4.40. The standard InChI is InChI=1S/C18H23N3O2S/c1-16-6-8-18(9-7-16)24(22,23)21-12-4-11-20(13-14-21)15-17-5-2-3-10-19-17/h2-3,5-10H,4,11-15H2,1H3. The minimum Gasteiger partial charge on any atom is -0.296 e. The van der Waals surface area contributed by atoms with Crippen molar-refractivity contribution in [3.8, 4) is 0 Å². The lowest BCUT2D eigenvalue weighted by Gasteiger charge is -2.21. The van der Waals surface area contributed by atoms with Crippen LogP contribution in [0.5, 0.6) is 0 Å². The monoisotopic (exact) mass is 345 g/mol. The van der Waals surface area contributed by atoms with Crippen LogP contribution in [-0.2, 0) is 16.6 Å². The Morgan fingerprint density at radius 3 is 2.50 bits per heavy atom. The number of rotatable bonds is 4. The number of hydrogen-bond acceptors (Lipinski definition) is 4. The molecule has 1 aromatic heterocycles. The van der Waals surface area contributed by atoms with Crippen LogP contribution in [0.25, 0.3) is 0 Å². The van der Waals surface area contributed by atoms with Gasteiger partial charge in [-0.25, -0.2) is 8.42 Å². The van der Waals surface area contributed by atoms with Crippen LogP contribution in [0.1, 0.15) is 17.7 Å². The van der Waals surface area contributed by atoms with E-state index in [0.717, 1.165) is 37.3 Å². The van der Waals surface area contributed by atoms with E-state index in [9.17, 15) is 8.42 Å². The summed E-state index contributed by atoms with van der Waals surface area (Å²) in [5, 5.41) is 0. The average Bonchev–Trinajstić information content (AvgIpc) is 2.82. The van der Waals surface area contributed by atoms with Crippen LogP contribution in [0, 0.1) is 6.92 Å². The highest BCUT2D eigenvalue weighted by atomic mass is 32.2. The topological polar surface area (TPSA) is 53.5 Å². The van der Waals surface area contributed by atoms with Crippen LogP contribution in [0.15, 0.2) is 53.6 Å². The quantitative estimate of drug-likeness (QED) is 0.853. The second-order valence-corrected chi connectivity index (χ2v) is 8.11. The van der Waals surface area contributed by atoms with Gasteiger partial charge in [0.05, 0.1) is 10.6 Å². The average molecular weight is 345 g/mol. The van der Waals surface area contributed by atoms with E-state index in [1.165, 1.54) is 0 Å². The smallest absolute Gasteiger partial charge is 0.243 e. The Morgan fingerprint density at radius 1 is 1.00 bits per heavy atom. The van der Waals surface area contributed by atoms with Gasteiger partial charge in [0.15, 0.2) is 0 Å². The highest BCUT2D eigenvalue weighted by Gasteiger charge is 2.26. The van der Waals surface area contributed by atoms with E-state index in [4.69, 9.17) is 0 Å². The Balaban J connectivity index is 1.67. The first-order chi connectivity index (χ1) is 11.6. The Kier molecular flexibility index (Phi) is 5.28. The van der Waals surface area contributed by atoms with Gasteiger partial charge in [0.25, 0.3) is 0 Å². The van der Waals surface area contributed by atoms with Crippen molar-refractivity contribution in [3.63, 3.8) is 0 Å². The maximum atomic E-state index is 12.8. The molecule has 0 atom stereocenters. The van der Waals surface area contributed by atoms with Gasteiger partial charge in [0, 0.05) is 32.4 Å². The summed E-state index contributed by atoms with van der Waals surface area (Å²) >= 11 is 0. The minimum absolute atomic E-state index is 0.381. The van der Waals surface area contributed by atoms with Gasteiger partial charge >= 0.3 is 0 Å². The summed E-state index contributed by atoms with van der Waals surface area (Å²) in [6, 6.07) is 13.0. The molecule has 0 radical (unpaired) electrons. The van der Waals surface area contributed by atoms with Crippen molar-refractivity contribution in [1.82, 2.24) is 14.2 Å². The van der Waals surface area contributed by atoms with E-state index in [-0.39, 0.29) is 0 Å². The lowest BCUT2D eigenvalue weighted by Crippen LogP contribution is -2.35. The molecule has 0 bridgehead atoms. The predicted molar refractivity (Wildman–Crippen MR) is 94.1 cm³/mol. The van der Waals surface area contributed by atoms with Gasteiger partial charge in [-0.15, -0.1) is 0 Å². The largest absolute Gasteiger partial charge is 0.296 e. The van der Waals surface area contributed by atoms with E-state index in [1.807, 2.05) is 37.3 Å². The molecule has 5 nitrogen and oxygen atoms in total. The normalized spacial score (nSPS) is 17.5. The summed E-state index contributed by atoms with van der Waals surface area (Å²) in [7, 11) is -3.41. The molecule has 24 heavy (non-hydrogen) atoms. The highest BCUT2D eigenvalue weighted by molar-refractivity contribution is 7.89. The first kappa shape index (κ1) is 17.1. The number of aryl methyl sites for hydroxylation is 1. The third kappa shape index (κ3) is 4.01. The summed E-state index contributed by atoms with van der Waals surface area (Å²) in [6.45, 7) is 5.41. The molecule has 1 aliphatic heterocycles. The van der Waals surface area contributed by atoms with E-state index in [0.29, 0.717) is 18.0 Å². The first-order valence-electron chi connectivity index (χ1n) is 8.25. The number of benzene rings is 1. The third-order valence-corrected chi connectivity index (χ3v) is 6.23. The van der Waals surface area contributed by atoms with Crippen molar-refractivity contribution < 1.29 is 8.42 Å². The fourth-order valence-electron chi connectivity index (χ4n) is 2.93. The maximum Gasteiger partial charge on any atom is 0.243 e. The molecule has 2 heterocycles. The molecule has 6 heteroatoms. The van der Waals surface area contributed by atoms with Gasteiger partial charge in [0.2, 0.25) is 10.0 Å². The number of pyridine rings is 1. The van der Waals surface area contributed by atoms with Crippen LogP contribution in [0.3, 0.4) is 0 Å². The molecular formula is C18H23N3O2S. The molecule has 0 aliphatic carbocycles. The van der Waals surface area contributed by atoms with E-state index >= 15 is 0 Å². The van der Waals surface area contributed by atoms with Gasteiger partial charge in [-0.3, -0.25) is 9.88 Å². The lowest BCUT2D eigenvalue weighted by molar-refractivity contribution is 0.275. The minimum atomic E-state index is -3.41. The summed E-state index contributed by atoms with van der Waals surface area (Å²) in [4.78, 5) is 7.01. The van der Waals surface area contributed by atoms with Crippen molar-refractivity contribution in [3.05, 3.63) is 59.9 Å². The molecule has 2 aromatic rings. The highest BCUT2D eigenvalue weighted by Crippen LogP contribution is 2.18. The second kappa shape index (κ2) is 7.42. The molecule has 0 unspecified atom stereocenters. The van der Waals surface area contributed by atoms with Gasteiger partial charge in [-0.05, 0) is 44.2 Å². The number of aromatic nitrogens is 1. The van der Waals surface area contributed by atoms with Crippen LogP contribution in [0.2, 0.25) is 0 Å². The van der Waals surface area contributed by atoms with Gasteiger partial charge in [0.1, 0.15) is 0 Å². The SMILES string of the molecule is Cc1ccc(S(=O)(=O)N2CCCN(Cc3ccccn3)CC2)cc1. The molecule has 0 saturated carbocycles. The van der Waals surface area contributed by atoms with Crippen molar-refractivity contribution >= 4 is 10.0 Å². The Bertz CT molecular complexity index is 761. The summed E-state index contributed by atoms with van der Waals surface area (Å²) in [6.07, 6.45) is 2.62. The van der Waals surface area contributed by atoms with Crippen LogP contribution in [0.4, 0.5) is 0 Å². The van der Waals surface area contributed by atoms with Gasteiger partial charge < -0.3 is 0 Å². The molecule has 1 aliphatic rings. The van der Waals surface area contributed by atoms with Crippen LogP contribution in [-0.4, -0.2) is 48.8 Å². The van der Waals surface area contributed by atoms with Crippen LogP contribution < -0.4 is 0 Å². The maximum absolute atomic E-state index is 12.8. The van der Waals surface area contributed by atoms with Crippen molar-refractivity contribution in [2.75, 3.05) is 26.2 Å². The molecule has 3 rings (SSSR count). The molecule has 1 fully saturated rings. The third-order valence-electron chi connectivity index (χ3n) is 4.32. The zero-order chi connectivity index (χ0) is 17.0. The lowest BCUT2D eigenvalue weighted by atomic mass is 10.2. The molecule has 0 N–H and O–H groups in total. The summed E-state index contributed by atoms with van der Waals surface area (Å²) < 4.78 is 27.2.